The SMILES string of the molecule is Cc1ccccc1C1CC1NC(N)=NCCc1ccccc1.I. The molecule has 2 atom stereocenters. The number of hydrogen-bond acceptors (Lipinski definition) is 1. The number of aliphatic imine (C=N–C) groups is 1. The van der Waals surface area contributed by atoms with Gasteiger partial charge in [0, 0.05) is 18.5 Å². The predicted octanol–water partition coefficient (Wildman–Crippen LogP) is 3.62. The molecule has 0 aromatic heterocycles. The van der Waals surface area contributed by atoms with Crippen LogP contribution in [-0.4, -0.2) is 18.5 Å². The fourth-order valence-corrected chi connectivity index (χ4v) is 2.89. The van der Waals surface area contributed by atoms with E-state index < -0.39 is 0 Å². The molecule has 0 heterocycles. The summed E-state index contributed by atoms with van der Waals surface area (Å²) < 4.78 is 0. The molecule has 3 nitrogen and oxygen atoms in total. The minimum absolute atomic E-state index is 0. The first kappa shape index (κ1) is 17.8. The summed E-state index contributed by atoms with van der Waals surface area (Å²) in [5.74, 6) is 1.14. The minimum Gasteiger partial charge on any atom is -0.370 e. The highest BCUT2D eigenvalue weighted by atomic mass is 127. The lowest BCUT2D eigenvalue weighted by atomic mass is 10.0. The molecule has 0 spiro atoms. The third-order valence-electron chi connectivity index (χ3n) is 4.24. The van der Waals surface area contributed by atoms with Crippen LogP contribution in [0, 0.1) is 6.92 Å². The van der Waals surface area contributed by atoms with Gasteiger partial charge in [-0.2, -0.15) is 0 Å². The van der Waals surface area contributed by atoms with Gasteiger partial charge < -0.3 is 11.1 Å². The molecule has 2 aromatic carbocycles. The Morgan fingerprint density at radius 1 is 1.13 bits per heavy atom. The van der Waals surface area contributed by atoms with Gasteiger partial charge in [0.15, 0.2) is 5.96 Å². The number of guanidine groups is 1. The zero-order valence-corrected chi connectivity index (χ0v) is 15.7. The van der Waals surface area contributed by atoms with Crippen molar-refractivity contribution in [3.05, 3.63) is 71.3 Å². The summed E-state index contributed by atoms with van der Waals surface area (Å²) in [5, 5.41) is 3.34. The van der Waals surface area contributed by atoms with Gasteiger partial charge in [0.1, 0.15) is 0 Å². The maximum atomic E-state index is 6.00. The van der Waals surface area contributed by atoms with Crippen molar-refractivity contribution in [2.24, 2.45) is 10.7 Å². The normalized spacial score (nSPS) is 19.8. The van der Waals surface area contributed by atoms with Gasteiger partial charge in [-0.25, -0.2) is 0 Å². The second-order valence-corrected chi connectivity index (χ2v) is 5.95. The first-order chi connectivity index (χ1) is 10.7. The molecule has 1 aliphatic rings. The number of aryl methyl sites for hydroxylation is 1. The van der Waals surface area contributed by atoms with E-state index in [0.29, 0.717) is 17.9 Å². The molecule has 23 heavy (non-hydrogen) atoms. The summed E-state index contributed by atoms with van der Waals surface area (Å²) >= 11 is 0. The zero-order valence-electron chi connectivity index (χ0n) is 13.4. The van der Waals surface area contributed by atoms with Crippen molar-refractivity contribution in [3.8, 4) is 0 Å². The summed E-state index contributed by atoms with van der Waals surface area (Å²) in [4.78, 5) is 4.43. The van der Waals surface area contributed by atoms with E-state index >= 15 is 0 Å². The van der Waals surface area contributed by atoms with Crippen molar-refractivity contribution in [2.45, 2.75) is 31.7 Å². The number of halogens is 1. The molecule has 4 heteroatoms. The Hall–Kier alpha value is -1.56. The summed E-state index contributed by atoms with van der Waals surface area (Å²) in [6, 6.07) is 19.4. The van der Waals surface area contributed by atoms with Gasteiger partial charge in [0.05, 0.1) is 0 Å². The zero-order chi connectivity index (χ0) is 15.4. The number of rotatable bonds is 5. The van der Waals surface area contributed by atoms with E-state index in [4.69, 9.17) is 5.73 Å². The second-order valence-electron chi connectivity index (χ2n) is 5.95. The van der Waals surface area contributed by atoms with Crippen LogP contribution < -0.4 is 11.1 Å². The highest BCUT2D eigenvalue weighted by Gasteiger charge is 2.39. The van der Waals surface area contributed by atoms with E-state index in [1.807, 2.05) is 6.07 Å². The second kappa shape index (κ2) is 8.34. The van der Waals surface area contributed by atoms with E-state index in [0.717, 1.165) is 19.4 Å². The Labute approximate surface area is 155 Å². The lowest BCUT2D eigenvalue weighted by Gasteiger charge is -2.07. The molecule has 1 aliphatic carbocycles. The van der Waals surface area contributed by atoms with E-state index in [-0.39, 0.29) is 24.0 Å². The first-order valence-electron chi connectivity index (χ1n) is 7.90. The van der Waals surface area contributed by atoms with Crippen LogP contribution in [0.3, 0.4) is 0 Å². The van der Waals surface area contributed by atoms with Crippen molar-refractivity contribution in [3.63, 3.8) is 0 Å². The van der Waals surface area contributed by atoms with Crippen LogP contribution in [-0.2, 0) is 6.42 Å². The van der Waals surface area contributed by atoms with Crippen LogP contribution in [0.4, 0.5) is 0 Å². The van der Waals surface area contributed by atoms with Crippen LogP contribution in [0.2, 0.25) is 0 Å². The van der Waals surface area contributed by atoms with Gasteiger partial charge in [-0.1, -0.05) is 54.6 Å². The third kappa shape index (κ3) is 4.96. The van der Waals surface area contributed by atoms with Crippen molar-refractivity contribution in [1.82, 2.24) is 5.32 Å². The van der Waals surface area contributed by atoms with Crippen LogP contribution in [0.1, 0.15) is 29.0 Å². The Kier molecular flexibility index (Phi) is 6.45. The van der Waals surface area contributed by atoms with Crippen LogP contribution in [0.25, 0.3) is 0 Å². The Bertz CT molecular complexity index is 655. The van der Waals surface area contributed by atoms with Crippen molar-refractivity contribution in [2.75, 3.05) is 6.54 Å². The predicted molar refractivity (Wildman–Crippen MR) is 108 cm³/mol. The molecule has 1 fully saturated rings. The highest BCUT2D eigenvalue weighted by molar-refractivity contribution is 14.0. The number of nitrogens with one attached hydrogen (secondary N) is 1. The summed E-state index contributed by atoms with van der Waals surface area (Å²) in [7, 11) is 0. The van der Waals surface area contributed by atoms with Gasteiger partial charge in [-0.3, -0.25) is 4.99 Å². The molecular formula is C19H24IN3. The Morgan fingerprint density at radius 3 is 2.57 bits per heavy atom. The van der Waals surface area contributed by atoms with Crippen LogP contribution >= 0.6 is 24.0 Å². The van der Waals surface area contributed by atoms with E-state index in [9.17, 15) is 0 Å². The summed E-state index contributed by atoms with van der Waals surface area (Å²) in [6.07, 6.45) is 2.06. The smallest absolute Gasteiger partial charge is 0.188 e. The molecule has 1 saturated carbocycles. The monoisotopic (exact) mass is 421 g/mol. The fraction of sp³-hybridized carbons (Fsp3) is 0.316. The van der Waals surface area contributed by atoms with Crippen molar-refractivity contribution >= 4 is 29.9 Å². The molecule has 0 saturated heterocycles. The van der Waals surface area contributed by atoms with Crippen LogP contribution in [0.15, 0.2) is 59.6 Å². The lowest BCUT2D eigenvalue weighted by Crippen LogP contribution is -2.34. The molecule has 122 valence electrons. The summed E-state index contributed by atoms with van der Waals surface area (Å²) in [6.45, 7) is 2.90. The molecule has 2 aromatic rings. The average molecular weight is 421 g/mol. The van der Waals surface area contributed by atoms with Crippen molar-refractivity contribution in [1.29, 1.82) is 0 Å². The van der Waals surface area contributed by atoms with Crippen molar-refractivity contribution < 1.29 is 0 Å². The highest BCUT2D eigenvalue weighted by Crippen LogP contribution is 2.41. The molecule has 0 radical (unpaired) electrons. The topological polar surface area (TPSA) is 50.4 Å². The average Bonchev–Trinajstić information content (AvgIpc) is 3.27. The minimum atomic E-state index is 0. The molecule has 2 unspecified atom stereocenters. The fourth-order valence-electron chi connectivity index (χ4n) is 2.89. The Balaban J connectivity index is 0.00000192. The summed E-state index contributed by atoms with van der Waals surface area (Å²) in [5.41, 5.74) is 10.1. The van der Waals surface area contributed by atoms with Gasteiger partial charge in [0.25, 0.3) is 0 Å². The van der Waals surface area contributed by atoms with E-state index in [2.05, 4.69) is 65.8 Å². The third-order valence-corrected chi connectivity index (χ3v) is 4.24. The molecule has 3 rings (SSSR count). The maximum Gasteiger partial charge on any atom is 0.188 e. The van der Waals surface area contributed by atoms with E-state index in [1.54, 1.807) is 0 Å². The maximum absolute atomic E-state index is 6.00. The number of nitrogens with two attached hydrogens (primary N) is 1. The molecular weight excluding hydrogens is 397 g/mol. The number of hydrogen-bond donors (Lipinski definition) is 2. The van der Waals surface area contributed by atoms with Gasteiger partial charge in [-0.05, 0) is 36.5 Å². The van der Waals surface area contributed by atoms with Gasteiger partial charge in [-0.15, -0.1) is 24.0 Å². The molecule has 0 bridgehead atoms. The van der Waals surface area contributed by atoms with Gasteiger partial charge >= 0.3 is 0 Å². The quantitative estimate of drug-likeness (QED) is 0.440. The standard InChI is InChI=1S/C19H23N3.HI/c1-14-7-5-6-10-16(14)17-13-18(17)22-19(20)21-12-11-15-8-3-2-4-9-15;/h2-10,17-18H,11-13H2,1H3,(H3,20,21,22);1H. The largest absolute Gasteiger partial charge is 0.370 e. The lowest BCUT2D eigenvalue weighted by molar-refractivity contribution is 0.840. The van der Waals surface area contributed by atoms with E-state index in [1.165, 1.54) is 16.7 Å². The molecule has 0 aliphatic heterocycles. The first-order valence-corrected chi connectivity index (χ1v) is 7.90. The molecule has 3 N–H and O–H groups in total. The Morgan fingerprint density at radius 2 is 1.83 bits per heavy atom. The van der Waals surface area contributed by atoms with Gasteiger partial charge in [0.2, 0.25) is 0 Å². The van der Waals surface area contributed by atoms with Crippen LogP contribution in [0.5, 0.6) is 0 Å². The molecule has 0 amide bonds. The number of nitrogens with zero attached hydrogens (tertiary/aromatic N) is 1. The number of benzene rings is 2.